The predicted octanol–water partition coefficient (Wildman–Crippen LogP) is 4.39. The minimum absolute atomic E-state index is 0.230. The molecular weight excluding hydrogens is 286 g/mol. The summed E-state index contributed by atoms with van der Waals surface area (Å²) in [7, 11) is 0. The van der Waals surface area contributed by atoms with Crippen molar-refractivity contribution in [3.8, 4) is 11.1 Å². The lowest BCUT2D eigenvalue weighted by Crippen LogP contribution is -2.04. The largest absolute Gasteiger partial charge is 0.469 e. The van der Waals surface area contributed by atoms with Gasteiger partial charge in [-0.25, -0.2) is 0 Å². The van der Waals surface area contributed by atoms with E-state index in [0.29, 0.717) is 19.3 Å². The molecule has 3 aromatic rings. The Morgan fingerprint density at radius 2 is 1.91 bits per heavy atom. The summed E-state index contributed by atoms with van der Waals surface area (Å²) in [5.74, 6) is 1.09. The molecule has 3 rings (SSSR count). The van der Waals surface area contributed by atoms with Crippen molar-refractivity contribution < 1.29 is 9.21 Å². The molecule has 0 aliphatic carbocycles. The highest BCUT2D eigenvalue weighted by molar-refractivity contribution is 5.81. The molecule has 0 spiro atoms. The fraction of sp³-hybridized carbons (Fsp3) is 0.200. The molecule has 2 aromatic heterocycles. The van der Waals surface area contributed by atoms with Crippen molar-refractivity contribution in [3.05, 3.63) is 78.0 Å². The second-order valence-electron chi connectivity index (χ2n) is 5.68. The van der Waals surface area contributed by atoms with Gasteiger partial charge in [0.05, 0.1) is 6.26 Å². The van der Waals surface area contributed by atoms with Crippen LogP contribution in [0.25, 0.3) is 11.1 Å². The first-order chi connectivity index (χ1) is 11.2. The van der Waals surface area contributed by atoms with Gasteiger partial charge in [-0.05, 0) is 47.9 Å². The molecule has 0 unspecified atom stereocenters. The fourth-order valence-corrected chi connectivity index (χ4v) is 2.57. The molecule has 3 heteroatoms. The number of pyridine rings is 1. The van der Waals surface area contributed by atoms with Crippen molar-refractivity contribution in [2.45, 2.75) is 26.2 Å². The topological polar surface area (TPSA) is 43.1 Å². The van der Waals surface area contributed by atoms with Crippen molar-refractivity contribution in [2.75, 3.05) is 0 Å². The molecule has 0 aliphatic rings. The van der Waals surface area contributed by atoms with Gasteiger partial charge in [-0.3, -0.25) is 9.78 Å². The minimum Gasteiger partial charge on any atom is -0.469 e. The van der Waals surface area contributed by atoms with Crippen molar-refractivity contribution in [1.29, 1.82) is 0 Å². The number of benzene rings is 1. The van der Waals surface area contributed by atoms with Gasteiger partial charge in [0.1, 0.15) is 11.5 Å². The molecule has 0 bridgehead atoms. The Labute approximate surface area is 136 Å². The van der Waals surface area contributed by atoms with Crippen LogP contribution in [0.2, 0.25) is 0 Å². The van der Waals surface area contributed by atoms with Crippen LogP contribution in [0.4, 0.5) is 0 Å². The highest BCUT2D eigenvalue weighted by Crippen LogP contribution is 2.20. The van der Waals surface area contributed by atoms with Gasteiger partial charge in [0.25, 0.3) is 0 Å². The van der Waals surface area contributed by atoms with E-state index in [9.17, 15) is 4.79 Å². The summed E-state index contributed by atoms with van der Waals surface area (Å²) in [4.78, 5) is 16.3. The average Bonchev–Trinajstić information content (AvgIpc) is 3.07. The van der Waals surface area contributed by atoms with Crippen LogP contribution >= 0.6 is 0 Å². The van der Waals surface area contributed by atoms with Crippen molar-refractivity contribution in [1.82, 2.24) is 4.98 Å². The van der Waals surface area contributed by atoms with E-state index in [1.54, 1.807) is 6.26 Å². The summed E-state index contributed by atoms with van der Waals surface area (Å²) < 4.78 is 5.25. The van der Waals surface area contributed by atoms with Crippen molar-refractivity contribution in [3.63, 3.8) is 0 Å². The van der Waals surface area contributed by atoms with Crippen LogP contribution in [0.3, 0.4) is 0 Å². The smallest absolute Gasteiger partial charge is 0.137 e. The van der Waals surface area contributed by atoms with E-state index in [2.05, 4.69) is 23.2 Å². The highest BCUT2D eigenvalue weighted by Gasteiger charge is 2.06. The molecule has 0 saturated carbocycles. The molecule has 0 N–H and O–H groups in total. The van der Waals surface area contributed by atoms with Crippen LogP contribution in [-0.4, -0.2) is 10.8 Å². The number of nitrogens with zero attached hydrogens (tertiary/aromatic N) is 1. The van der Waals surface area contributed by atoms with Gasteiger partial charge < -0.3 is 4.42 Å². The van der Waals surface area contributed by atoms with E-state index in [1.165, 1.54) is 0 Å². The predicted molar refractivity (Wildman–Crippen MR) is 90.2 cm³/mol. The van der Waals surface area contributed by atoms with E-state index in [4.69, 9.17) is 4.42 Å². The van der Waals surface area contributed by atoms with Gasteiger partial charge in [-0.2, -0.15) is 0 Å². The lowest BCUT2D eigenvalue weighted by molar-refractivity contribution is -0.118. The third-order valence-corrected chi connectivity index (χ3v) is 3.82. The highest BCUT2D eigenvalue weighted by atomic mass is 16.3. The molecule has 23 heavy (non-hydrogen) atoms. The van der Waals surface area contributed by atoms with Crippen molar-refractivity contribution >= 4 is 5.78 Å². The van der Waals surface area contributed by atoms with E-state index in [-0.39, 0.29) is 5.78 Å². The lowest BCUT2D eigenvalue weighted by atomic mass is 10.0. The number of aryl methyl sites for hydroxylation is 2. The Balaban J connectivity index is 1.60. The molecule has 0 fully saturated rings. The zero-order valence-electron chi connectivity index (χ0n) is 13.2. The van der Waals surface area contributed by atoms with E-state index < -0.39 is 0 Å². The summed E-state index contributed by atoms with van der Waals surface area (Å²) in [6.45, 7) is 1.98. The number of Topliss-reactive ketones (excluding diaryl/α,β-unsaturated/α-hetero) is 1. The second kappa shape index (κ2) is 7.05. The number of furan rings is 1. The summed E-state index contributed by atoms with van der Waals surface area (Å²) in [5.41, 5.74) is 4.33. The molecule has 1 aromatic carbocycles. The molecule has 0 aliphatic heterocycles. The van der Waals surface area contributed by atoms with Gasteiger partial charge in [0.15, 0.2) is 0 Å². The van der Waals surface area contributed by atoms with Gasteiger partial charge in [0, 0.05) is 31.2 Å². The SMILES string of the molecule is Cc1cc(-c2ccc(CC(=O)CCc3ccco3)cc2)ccn1. The van der Waals surface area contributed by atoms with E-state index in [0.717, 1.165) is 28.1 Å². The van der Waals surface area contributed by atoms with E-state index >= 15 is 0 Å². The quantitative estimate of drug-likeness (QED) is 0.678. The maximum Gasteiger partial charge on any atom is 0.137 e. The number of carbonyl (C=O) groups excluding carboxylic acids is 1. The first-order valence-corrected chi connectivity index (χ1v) is 7.77. The molecule has 3 nitrogen and oxygen atoms in total. The average molecular weight is 305 g/mol. The number of hydrogen-bond acceptors (Lipinski definition) is 3. The van der Waals surface area contributed by atoms with Gasteiger partial charge in [-0.15, -0.1) is 0 Å². The van der Waals surface area contributed by atoms with Gasteiger partial charge >= 0.3 is 0 Å². The maximum atomic E-state index is 12.1. The Morgan fingerprint density at radius 1 is 1.09 bits per heavy atom. The maximum absolute atomic E-state index is 12.1. The van der Waals surface area contributed by atoms with Gasteiger partial charge in [-0.1, -0.05) is 24.3 Å². The zero-order chi connectivity index (χ0) is 16.1. The molecule has 0 amide bonds. The third-order valence-electron chi connectivity index (χ3n) is 3.82. The molecular formula is C20H19NO2. The standard InChI is InChI=1S/C20H19NO2/c1-15-13-18(10-11-21-15)17-6-4-16(5-7-17)14-19(22)8-9-20-3-2-12-23-20/h2-7,10-13H,8-9,14H2,1H3. The normalized spacial score (nSPS) is 10.7. The Bertz CT molecular complexity index is 774. The Morgan fingerprint density at radius 3 is 2.61 bits per heavy atom. The monoisotopic (exact) mass is 305 g/mol. The van der Waals surface area contributed by atoms with Crippen LogP contribution in [0, 0.1) is 6.92 Å². The molecule has 0 radical (unpaired) electrons. The number of aromatic nitrogens is 1. The fourth-order valence-electron chi connectivity index (χ4n) is 2.57. The van der Waals surface area contributed by atoms with Crippen LogP contribution in [0.1, 0.15) is 23.4 Å². The first-order valence-electron chi connectivity index (χ1n) is 7.77. The Kier molecular flexibility index (Phi) is 4.67. The molecule has 0 atom stereocenters. The number of carbonyl (C=O) groups is 1. The summed E-state index contributed by atoms with van der Waals surface area (Å²) in [6, 6.07) is 16.0. The van der Waals surface area contributed by atoms with Crippen molar-refractivity contribution in [2.24, 2.45) is 0 Å². The minimum atomic E-state index is 0.230. The second-order valence-corrected chi connectivity index (χ2v) is 5.68. The Hall–Kier alpha value is -2.68. The third kappa shape index (κ3) is 4.16. The number of rotatable bonds is 6. The van der Waals surface area contributed by atoms with Crippen LogP contribution in [0.15, 0.2) is 65.4 Å². The summed E-state index contributed by atoms with van der Waals surface area (Å²) in [6.07, 6.45) is 5.10. The molecule has 2 heterocycles. The van der Waals surface area contributed by atoms with Crippen LogP contribution in [-0.2, 0) is 17.6 Å². The molecule has 116 valence electrons. The van der Waals surface area contributed by atoms with Crippen LogP contribution in [0.5, 0.6) is 0 Å². The zero-order valence-corrected chi connectivity index (χ0v) is 13.2. The lowest BCUT2D eigenvalue weighted by Gasteiger charge is -2.05. The van der Waals surface area contributed by atoms with Crippen LogP contribution < -0.4 is 0 Å². The van der Waals surface area contributed by atoms with Gasteiger partial charge in [0.2, 0.25) is 0 Å². The van der Waals surface area contributed by atoms with E-state index in [1.807, 2.05) is 43.5 Å². The summed E-state index contributed by atoms with van der Waals surface area (Å²) in [5, 5.41) is 0. The summed E-state index contributed by atoms with van der Waals surface area (Å²) >= 11 is 0. The number of hydrogen-bond donors (Lipinski definition) is 0. The molecule has 0 saturated heterocycles. The first kappa shape index (κ1) is 15.2. The number of ketones is 1.